The van der Waals surface area contributed by atoms with E-state index < -0.39 is 64.2 Å². The standard InChI is InChI=1S/C39H52N6O7S/c1-39(2,3)43-35(47)32-22-27-15-8-9-16-28(27)24-44(32)36(33(52-53(4,50)51)21-18-25-12-6-5-7-13-25)45(37(48)29(40)23-34(41)46)38(49)31-20-19-26-14-10-11-17-30(26)42-31/h5-7,10-14,17,19-20,27-29,32-33,36H,8-9,15-16,18,21-24,40H2,1-4H3,(H2,41,46)(H,43,47)/t27-,28+,29-,32-,33+,36?/m0/s1. The summed E-state index contributed by atoms with van der Waals surface area (Å²) in [5, 5.41) is 3.84. The van der Waals surface area contributed by atoms with E-state index in [0.29, 0.717) is 18.4 Å². The van der Waals surface area contributed by atoms with Gasteiger partial charge in [-0.25, -0.2) is 4.98 Å². The van der Waals surface area contributed by atoms with Crippen molar-refractivity contribution in [2.75, 3.05) is 12.8 Å². The second-order valence-corrected chi connectivity index (χ2v) is 17.0. The number of hydrogen-bond donors (Lipinski definition) is 3. The van der Waals surface area contributed by atoms with Gasteiger partial charge in [0.15, 0.2) is 0 Å². The number of carbonyl (C=O) groups is 4. The molecule has 2 aromatic carbocycles. The van der Waals surface area contributed by atoms with Crippen molar-refractivity contribution in [3.63, 3.8) is 0 Å². The molecule has 1 aliphatic heterocycles. The number of likely N-dealkylation sites (tertiary alicyclic amines) is 1. The second kappa shape index (κ2) is 16.8. The predicted octanol–water partition coefficient (Wildman–Crippen LogP) is 3.51. The van der Waals surface area contributed by atoms with Crippen LogP contribution in [0.5, 0.6) is 0 Å². The first-order valence-electron chi connectivity index (χ1n) is 18.3. The Hall–Kier alpha value is -4.24. The van der Waals surface area contributed by atoms with Crippen molar-refractivity contribution in [1.82, 2.24) is 20.1 Å². The summed E-state index contributed by atoms with van der Waals surface area (Å²) in [6, 6.07) is 17.2. The lowest BCUT2D eigenvalue weighted by Gasteiger charge is -2.52. The van der Waals surface area contributed by atoms with Gasteiger partial charge in [0.1, 0.15) is 18.0 Å². The second-order valence-electron chi connectivity index (χ2n) is 15.4. The van der Waals surface area contributed by atoms with Crippen molar-refractivity contribution in [3.8, 4) is 0 Å². The van der Waals surface area contributed by atoms with Gasteiger partial charge in [-0.2, -0.15) is 8.42 Å². The van der Waals surface area contributed by atoms with E-state index >= 15 is 0 Å². The van der Waals surface area contributed by atoms with Crippen LogP contribution in [0.4, 0.5) is 0 Å². The molecule has 1 saturated carbocycles. The van der Waals surface area contributed by atoms with Gasteiger partial charge >= 0.3 is 0 Å². The summed E-state index contributed by atoms with van der Waals surface area (Å²) in [4.78, 5) is 63.4. The summed E-state index contributed by atoms with van der Waals surface area (Å²) in [7, 11) is -4.22. The van der Waals surface area contributed by atoms with E-state index in [1.54, 1.807) is 23.1 Å². The SMILES string of the molecule is CC(C)(C)NC(=O)[C@@H]1C[C@@H]2CCCC[C@@H]2CN1C([C@@H](CCc1ccccc1)OS(C)(=O)=O)N(C(=O)c1ccc2ccccc2n1)C(=O)[C@@H](N)CC(N)=O. The van der Waals surface area contributed by atoms with Crippen LogP contribution in [0.15, 0.2) is 66.7 Å². The number of piperidine rings is 1. The quantitative estimate of drug-likeness (QED) is 0.218. The normalized spacial score (nSPS) is 21.2. The van der Waals surface area contributed by atoms with Crippen LogP contribution >= 0.6 is 0 Å². The van der Waals surface area contributed by atoms with E-state index in [1.807, 2.05) is 63.2 Å². The van der Waals surface area contributed by atoms with Crippen LogP contribution in [-0.4, -0.2) is 89.5 Å². The monoisotopic (exact) mass is 748 g/mol. The number of pyridine rings is 1. The Bertz CT molecular complexity index is 1900. The summed E-state index contributed by atoms with van der Waals surface area (Å²) in [6.45, 7) is 5.87. The maximum atomic E-state index is 15.0. The number of nitrogens with zero attached hydrogens (tertiary/aromatic N) is 3. The van der Waals surface area contributed by atoms with Crippen LogP contribution in [0.1, 0.15) is 81.8 Å². The highest BCUT2D eigenvalue weighted by molar-refractivity contribution is 7.86. The summed E-state index contributed by atoms with van der Waals surface area (Å²) in [5.74, 6) is -2.74. The Morgan fingerprint density at radius 2 is 1.64 bits per heavy atom. The minimum atomic E-state index is -4.22. The topological polar surface area (TPSA) is 195 Å². The molecule has 5 N–H and O–H groups in total. The molecule has 0 radical (unpaired) electrons. The Labute approximate surface area is 311 Å². The van der Waals surface area contributed by atoms with E-state index in [2.05, 4.69) is 10.3 Å². The molecule has 2 aliphatic rings. The lowest BCUT2D eigenvalue weighted by Crippen LogP contribution is -2.69. The zero-order chi connectivity index (χ0) is 38.5. The number of primary amides is 1. The number of rotatable bonds is 13. The molecule has 14 heteroatoms. The van der Waals surface area contributed by atoms with Crippen molar-refractivity contribution in [2.45, 2.75) is 102 Å². The fraction of sp³-hybridized carbons (Fsp3) is 0.513. The van der Waals surface area contributed by atoms with Crippen molar-refractivity contribution in [1.29, 1.82) is 0 Å². The van der Waals surface area contributed by atoms with Crippen molar-refractivity contribution < 1.29 is 31.8 Å². The number of nitrogens with one attached hydrogen (secondary N) is 1. The summed E-state index contributed by atoms with van der Waals surface area (Å²) in [5.41, 5.74) is 12.5. The number of amides is 4. The van der Waals surface area contributed by atoms with Gasteiger partial charge in [0.05, 0.1) is 30.3 Å². The molecular weight excluding hydrogens is 697 g/mol. The molecule has 0 spiro atoms. The minimum absolute atomic E-state index is 0.0349. The third-order valence-corrected chi connectivity index (χ3v) is 10.6. The Balaban J connectivity index is 1.73. The number of nitrogens with two attached hydrogens (primary N) is 2. The molecule has 1 saturated heterocycles. The van der Waals surface area contributed by atoms with E-state index in [9.17, 15) is 27.6 Å². The van der Waals surface area contributed by atoms with Crippen LogP contribution < -0.4 is 16.8 Å². The largest absolute Gasteiger partial charge is 0.370 e. The van der Waals surface area contributed by atoms with Crippen LogP contribution in [0.2, 0.25) is 0 Å². The third-order valence-electron chi connectivity index (χ3n) is 10.0. The van der Waals surface area contributed by atoms with Gasteiger partial charge < -0.3 is 16.8 Å². The Kier molecular flexibility index (Phi) is 12.7. The van der Waals surface area contributed by atoms with Gasteiger partial charge in [-0.3, -0.25) is 33.2 Å². The number of hydrogen-bond acceptors (Lipinski definition) is 10. The van der Waals surface area contributed by atoms with Crippen molar-refractivity contribution in [2.24, 2.45) is 23.3 Å². The van der Waals surface area contributed by atoms with E-state index in [1.165, 1.54) is 6.07 Å². The number of fused-ring (bicyclic) bond motifs is 2. The number of benzene rings is 2. The maximum Gasteiger partial charge on any atom is 0.280 e. The molecule has 2 heterocycles. The van der Waals surface area contributed by atoms with Crippen LogP contribution in [0, 0.1) is 11.8 Å². The first-order valence-corrected chi connectivity index (χ1v) is 20.1. The number of imide groups is 1. The van der Waals surface area contributed by atoms with Gasteiger partial charge in [-0.15, -0.1) is 0 Å². The summed E-state index contributed by atoms with van der Waals surface area (Å²) < 4.78 is 32.1. The highest BCUT2D eigenvalue weighted by atomic mass is 32.2. The smallest absolute Gasteiger partial charge is 0.280 e. The zero-order valence-electron chi connectivity index (χ0n) is 30.9. The predicted molar refractivity (Wildman–Crippen MR) is 201 cm³/mol. The molecule has 13 nitrogen and oxygen atoms in total. The van der Waals surface area contributed by atoms with Crippen LogP contribution in [-0.2, 0) is 35.1 Å². The molecule has 5 rings (SSSR count). The Morgan fingerprint density at radius 1 is 0.981 bits per heavy atom. The van der Waals surface area contributed by atoms with Crippen LogP contribution in [0.3, 0.4) is 0 Å². The molecular formula is C39H52N6O7S. The zero-order valence-corrected chi connectivity index (χ0v) is 31.8. The molecule has 4 amide bonds. The van der Waals surface area contributed by atoms with Gasteiger partial charge in [0.2, 0.25) is 17.7 Å². The van der Waals surface area contributed by atoms with Gasteiger partial charge in [-0.05, 0) is 76.0 Å². The molecule has 1 unspecified atom stereocenters. The maximum absolute atomic E-state index is 15.0. The van der Waals surface area contributed by atoms with E-state index in [0.717, 1.165) is 47.8 Å². The molecule has 1 aromatic heterocycles. The molecule has 3 aromatic rings. The van der Waals surface area contributed by atoms with Crippen molar-refractivity contribution in [3.05, 3.63) is 78.0 Å². The lowest BCUT2D eigenvalue weighted by molar-refractivity contribution is -0.152. The fourth-order valence-corrected chi connectivity index (χ4v) is 8.40. The molecule has 2 fully saturated rings. The Morgan fingerprint density at radius 3 is 2.30 bits per heavy atom. The molecule has 53 heavy (non-hydrogen) atoms. The van der Waals surface area contributed by atoms with Crippen molar-refractivity contribution >= 4 is 44.6 Å². The lowest BCUT2D eigenvalue weighted by atomic mass is 9.72. The molecule has 6 atom stereocenters. The van der Waals surface area contributed by atoms with Crippen LogP contribution in [0.25, 0.3) is 10.9 Å². The number of aromatic nitrogens is 1. The van der Waals surface area contributed by atoms with Gasteiger partial charge in [-0.1, -0.05) is 73.9 Å². The minimum Gasteiger partial charge on any atom is -0.370 e. The summed E-state index contributed by atoms with van der Waals surface area (Å²) in [6.07, 6.45) is 2.06. The molecule has 0 bridgehead atoms. The number of carbonyl (C=O) groups excluding carboxylic acids is 4. The number of para-hydroxylation sites is 1. The van der Waals surface area contributed by atoms with Gasteiger partial charge in [0.25, 0.3) is 16.0 Å². The molecule has 286 valence electrons. The third kappa shape index (κ3) is 10.5. The van der Waals surface area contributed by atoms with E-state index in [-0.39, 0.29) is 36.4 Å². The fourth-order valence-electron chi connectivity index (χ4n) is 7.75. The molecule has 1 aliphatic carbocycles. The first kappa shape index (κ1) is 40.0. The van der Waals surface area contributed by atoms with Gasteiger partial charge in [0, 0.05) is 17.5 Å². The average Bonchev–Trinajstić information content (AvgIpc) is 3.10. The highest BCUT2D eigenvalue weighted by Crippen LogP contribution is 2.41. The van der Waals surface area contributed by atoms with E-state index in [4.69, 9.17) is 15.7 Å². The average molecular weight is 749 g/mol. The highest BCUT2D eigenvalue weighted by Gasteiger charge is 2.50. The first-order chi connectivity index (χ1) is 25.0. The summed E-state index contributed by atoms with van der Waals surface area (Å²) >= 11 is 0. The number of aryl methyl sites for hydroxylation is 1.